The lowest BCUT2D eigenvalue weighted by atomic mass is 10.5. The standard InChI is InChI=1S/C6H6N2O3S/c9-5(6(10)11)8-3-4-7-1-2-12-4/h1-2H,3H2,(H,8,9)(H,10,11). The predicted octanol–water partition coefficient (Wildman–Crippen LogP) is -0.156. The van der Waals surface area contributed by atoms with Gasteiger partial charge in [-0.2, -0.15) is 0 Å². The van der Waals surface area contributed by atoms with E-state index in [0.717, 1.165) is 0 Å². The van der Waals surface area contributed by atoms with Gasteiger partial charge in [0.25, 0.3) is 0 Å². The molecule has 1 aromatic heterocycles. The van der Waals surface area contributed by atoms with Crippen molar-refractivity contribution >= 4 is 23.2 Å². The molecule has 6 heteroatoms. The van der Waals surface area contributed by atoms with Crippen LogP contribution in [0.25, 0.3) is 0 Å². The van der Waals surface area contributed by atoms with Gasteiger partial charge in [-0.3, -0.25) is 4.79 Å². The molecule has 1 heterocycles. The van der Waals surface area contributed by atoms with Crippen LogP contribution in [0.2, 0.25) is 0 Å². The van der Waals surface area contributed by atoms with Gasteiger partial charge in [0.15, 0.2) is 0 Å². The van der Waals surface area contributed by atoms with E-state index in [2.05, 4.69) is 10.3 Å². The molecule has 1 amide bonds. The zero-order chi connectivity index (χ0) is 8.97. The van der Waals surface area contributed by atoms with Crippen LogP contribution >= 0.6 is 11.3 Å². The molecule has 0 radical (unpaired) electrons. The maximum absolute atomic E-state index is 10.5. The second-order valence-electron chi connectivity index (χ2n) is 1.91. The van der Waals surface area contributed by atoms with Gasteiger partial charge in [0.05, 0.1) is 6.54 Å². The van der Waals surface area contributed by atoms with Crippen LogP contribution in [0.1, 0.15) is 5.01 Å². The first-order valence-electron chi connectivity index (χ1n) is 3.09. The summed E-state index contributed by atoms with van der Waals surface area (Å²) in [7, 11) is 0. The summed E-state index contributed by atoms with van der Waals surface area (Å²) in [6.45, 7) is 0.169. The van der Waals surface area contributed by atoms with Crippen molar-refractivity contribution in [2.75, 3.05) is 0 Å². The summed E-state index contributed by atoms with van der Waals surface area (Å²) >= 11 is 1.36. The van der Waals surface area contributed by atoms with Gasteiger partial charge in [-0.25, -0.2) is 9.78 Å². The van der Waals surface area contributed by atoms with Gasteiger partial charge in [-0.05, 0) is 0 Å². The predicted molar refractivity (Wildman–Crippen MR) is 41.6 cm³/mol. The van der Waals surface area contributed by atoms with Crippen molar-refractivity contribution in [3.05, 3.63) is 16.6 Å². The van der Waals surface area contributed by atoms with E-state index in [1.54, 1.807) is 11.6 Å². The number of carboxylic acids is 1. The molecule has 5 nitrogen and oxygen atoms in total. The SMILES string of the molecule is O=C(O)C(=O)NCc1nccs1. The van der Waals surface area contributed by atoms with Gasteiger partial charge in [0.2, 0.25) is 0 Å². The third-order valence-electron chi connectivity index (χ3n) is 1.08. The van der Waals surface area contributed by atoms with Crippen LogP contribution in [0.3, 0.4) is 0 Å². The average molecular weight is 186 g/mol. The van der Waals surface area contributed by atoms with Crippen LogP contribution in [-0.4, -0.2) is 22.0 Å². The Morgan fingerprint density at radius 1 is 1.67 bits per heavy atom. The van der Waals surface area contributed by atoms with E-state index in [4.69, 9.17) is 5.11 Å². The first-order valence-corrected chi connectivity index (χ1v) is 3.97. The molecule has 0 aliphatic carbocycles. The summed E-state index contributed by atoms with van der Waals surface area (Å²) in [4.78, 5) is 24.4. The molecule has 0 aromatic carbocycles. The number of aromatic nitrogens is 1. The smallest absolute Gasteiger partial charge is 0.394 e. The maximum Gasteiger partial charge on any atom is 0.394 e. The Morgan fingerprint density at radius 3 is 2.92 bits per heavy atom. The summed E-state index contributed by atoms with van der Waals surface area (Å²) in [5, 5.41) is 12.8. The lowest BCUT2D eigenvalue weighted by molar-refractivity contribution is -0.150. The van der Waals surface area contributed by atoms with E-state index < -0.39 is 11.9 Å². The number of hydrogen-bond acceptors (Lipinski definition) is 4. The number of nitrogens with one attached hydrogen (secondary N) is 1. The third kappa shape index (κ3) is 2.31. The summed E-state index contributed by atoms with van der Waals surface area (Å²) < 4.78 is 0. The Morgan fingerprint density at radius 2 is 2.42 bits per heavy atom. The van der Waals surface area contributed by atoms with E-state index >= 15 is 0 Å². The Bertz CT molecular complexity index is 283. The minimum absolute atomic E-state index is 0.169. The van der Waals surface area contributed by atoms with Crippen molar-refractivity contribution in [2.45, 2.75) is 6.54 Å². The minimum atomic E-state index is -1.48. The molecule has 0 fully saturated rings. The quantitative estimate of drug-likeness (QED) is 0.629. The number of hydrogen-bond donors (Lipinski definition) is 2. The lowest BCUT2D eigenvalue weighted by Gasteiger charge is -1.96. The summed E-state index contributed by atoms with van der Waals surface area (Å²) in [6, 6.07) is 0. The van der Waals surface area contributed by atoms with Crippen molar-refractivity contribution in [3.8, 4) is 0 Å². The molecular formula is C6H6N2O3S. The van der Waals surface area contributed by atoms with E-state index in [1.165, 1.54) is 11.3 Å². The number of aliphatic carboxylic acids is 1. The number of carbonyl (C=O) groups excluding carboxylic acids is 1. The Hall–Kier alpha value is -1.43. The number of amides is 1. The van der Waals surface area contributed by atoms with Crippen LogP contribution in [0.5, 0.6) is 0 Å². The van der Waals surface area contributed by atoms with Gasteiger partial charge in [0, 0.05) is 11.6 Å². The fourth-order valence-corrected chi connectivity index (χ4v) is 1.13. The van der Waals surface area contributed by atoms with E-state index in [-0.39, 0.29) is 6.54 Å². The summed E-state index contributed by atoms with van der Waals surface area (Å²) in [5.41, 5.74) is 0. The van der Waals surface area contributed by atoms with Crippen LogP contribution in [0, 0.1) is 0 Å². The Kier molecular flexibility index (Phi) is 2.76. The Balaban J connectivity index is 2.37. The van der Waals surface area contributed by atoms with Crippen molar-refractivity contribution in [1.29, 1.82) is 0 Å². The normalized spacial score (nSPS) is 9.33. The fourth-order valence-electron chi connectivity index (χ4n) is 0.572. The van der Waals surface area contributed by atoms with E-state index in [9.17, 15) is 9.59 Å². The molecule has 0 spiro atoms. The molecule has 0 bridgehead atoms. The second kappa shape index (κ2) is 3.82. The number of rotatable bonds is 2. The van der Waals surface area contributed by atoms with Crippen molar-refractivity contribution in [2.24, 2.45) is 0 Å². The Labute approximate surface area is 72.1 Å². The minimum Gasteiger partial charge on any atom is -0.474 e. The van der Waals surface area contributed by atoms with Gasteiger partial charge < -0.3 is 10.4 Å². The van der Waals surface area contributed by atoms with Gasteiger partial charge >= 0.3 is 11.9 Å². The van der Waals surface area contributed by atoms with Crippen molar-refractivity contribution < 1.29 is 14.7 Å². The first kappa shape index (κ1) is 8.66. The fraction of sp³-hybridized carbons (Fsp3) is 0.167. The second-order valence-corrected chi connectivity index (χ2v) is 2.89. The van der Waals surface area contributed by atoms with Crippen LogP contribution in [-0.2, 0) is 16.1 Å². The molecule has 12 heavy (non-hydrogen) atoms. The van der Waals surface area contributed by atoms with E-state index in [1.807, 2.05) is 0 Å². The zero-order valence-corrected chi connectivity index (χ0v) is 6.80. The molecule has 1 aromatic rings. The van der Waals surface area contributed by atoms with Crippen LogP contribution < -0.4 is 5.32 Å². The molecule has 0 unspecified atom stereocenters. The van der Waals surface area contributed by atoms with E-state index in [0.29, 0.717) is 5.01 Å². The number of nitrogens with zero attached hydrogens (tertiary/aromatic N) is 1. The molecule has 0 saturated carbocycles. The highest BCUT2D eigenvalue weighted by molar-refractivity contribution is 7.09. The monoisotopic (exact) mass is 186 g/mol. The van der Waals surface area contributed by atoms with Gasteiger partial charge in [0.1, 0.15) is 5.01 Å². The molecule has 0 atom stereocenters. The summed E-state index contributed by atoms with van der Waals surface area (Å²) in [5.74, 6) is -2.49. The lowest BCUT2D eigenvalue weighted by Crippen LogP contribution is -2.29. The molecule has 0 saturated heterocycles. The molecule has 0 aliphatic rings. The third-order valence-corrected chi connectivity index (χ3v) is 1.86. The maximum atomic E-state index is 10.5. The molecule has 1 rings (SSSR count). The number of thiazole rings is 1. The largest absolute Gasteiger partial charge is 0.474 e. The number of carboxylic acid groups (broad SMARTS) is 1. The van der Waals surface area contributed by atoms with Crippen LogP contribution in [0.4, 0.5) is 0 Å². The zero-order valence-electron chi connectivity index (χ0n) is 5.98. The molecular weight excluding hydrogens is 180 g/mol. The van der Waals surface area contributed by atoms with Gasteiger partial charge in [-0.1, -0.05) is 0 Å². The topological polar surface area (TPSA) is 79.3 Å². The highest BCUT2D eigenvalue weighted by atomic mass is 32.1. The van der Waals surface area contributed by atoms with Crippen molar-refractivity contribution in [1.82, 2.24) is 10.3 Å². The first-order chi connectivity index (χ1) is 5.70. The summed E-state index contributed by atoms with van der Waals surface area (Å²) in [6.07, 6.45) is 1.59. The number of carbonyl (C=O) groups is 2. The highest BCUT2D eigenvalue weighted by Gasteiger charge is 2.09. The van der Waals surface area contributed by atoms with Crippen LogP contribution in [0.15, 0.2) is 11.6 Å². The molecule has 64 valence electrons. The average Bonchev–Trinajstić information content (AvgIpc) is 2.51. The molecule has 2 N–H and O–H groups in total. The van der Waals surface area contributed by atoms with Gasteiger partial charge in [-0.15, -0.1) is 11.3 Å². The molecule has 0 aliphatic heterocycles. The van der Waals surface area contributed by atoms with Crippen molar-refractivity contribution in [3.63, 3.8) is 0 Å². The highest BCUT2D eigenvalue weighted by Crippen LogP contribution is 2.02.